The summed E-state index contributed by atoms with van der Waals surface area (Å²) in [6.45, 7) is 4.18. The fourth-order valence-electron chi connectivity index (χ4n) is 2.22. The molecule has 1 fully saturated rings. The van der Waals surface area contributed by atoms with Gasteiger partial charge in [-0.2, -0.15) is 11.8 Å². The van der Waals surface area contributed by atoms with E-state index in [1.165, 1.54) is 11.1 Å². The number of aryl methyl sites for hydroxylation is 2. The molecule has 0 bridgehead atoms. The maximum absolute atomic E-state index is 10.6. The summed E-state index contributed by atoms with van der Waals surface area (Å²) in [5, 5.41) is 10.6. The predicted molar refractivity (Wildman–Crippen MR) is 66.4 cm³/mol. The summed E-state index contributed by atoms with van der Waals surface area (Å²) >= 11 is 1.94. The minimum Gasteiger partial charge on any atom is -0.385 e. The largest absolute Gasteiger partial charge is 0.385 e. The van der Waals surface area contributed by atoms with Crippen LogP contribution in [0.4, 0.5) is 0 Å². The molecule has 15 heavy (non-hydrogen) atoms. The van der Waals surface area contributed by atoms with Crippen LogP contribution in [0.1, 0.15) is 29.5 Å². The molecule has 1 heterocycles. The summed E-state index contributed by atoms with van der Waals surface area (Å²) in [6, 6.07) is 6.37. The van der Waals surface area contributed by atoms with Crippen LogP contribution in [-0.4, -0.2) is 16.6 Å². The van der Waals surface area contributed by atoms with Crippen LogP contribution in [-0.2, 0) is 5.60 Å². The molecule has 2 rings (SSSR count). The van der Waals surface area contributed by atoms with Gasteiger partial charge in [0.1, 0.15) is 0 Å². The molecule has 1 saturated heterocycles. The minimum atomic E-state index is -0.568. The van der Waals surface area contributed by atoms with Gasteiger partial charge in [-0.25, -0.2) is 0 Å². The maximum atomic E-state index is 10.6. The molecule has 0 radical (unpaired) electrons. The van der Waals surface area contributed by atoms with E-state index in [4.69, 9.17) is 0 Å². The zero-order valence-corrected chi connectivity index (χ0v) is 10.2. The number of benzene rings is 1. The molecule has 1 nitrogen and oxygen atoms in total. The third kappa shape index (κ3) is 2.21. The lowest BCUT2D eigenvalue weighted by Crippen LogP contribution is -2.31. The molecule has 0 atom stereocenters. The Morgan fingerprint density at radius 1 is 1.20 bits per heavy atom. The summed E-state index contributed by atoms with van der Waals surface area (Å²) in [5.41, 5.74) is 3.03. The van der Waals surface area contributed by atoms with Crippen LogP contribution in [0.3, 0.4) is 0 Å². The third-order valence-corrected chi connectivity index (χ3v) is 4.20. The van der Waals surface area contributed by atoms with Crippen LogP contribution in [0.5, 0.6) is 0 Å². The van der Waals surface area contributed by atoms with Crippen LogP contribution in [0.25, 0.3) is 0 Å². The van der Waals surface area contributed by atoms with E-state index in [1.807, 2.05) is 11.8 Å². The van der Waals surface area contributed by atoms with Crippen LogP contribution >= 0.6 is 11.8 Å². The summed E-state index contributed by atoms with van der Waals surface area (Å²) in [6.07, 6.45) is 1.78. The van der Waals surface area contributed by atoms with Crippen LogP contribution in [0.2, 0.25) is 0 Å². The zero-order valence-electron chi connectivity index (χ0n) is 9.42. The van der Waals surface area contributed by atoms with E-state index < -0.39 is 5.60 Å². The average molecular weight is 222 g/mol. The van der Waals surface area contributed by atoms with Crippen molar-refractivity contribution in [1.29, 1.82) is 0 Å². The van der Waals surface area contributed by atoms with Crippen LogP contribution < -0.4 is 0 Å². The van der Waals surface area contributed by atoms with Crippen molar-refractivity contribution in [3.63, 3.8) is 0 Å². The van der Waals surface area contributed by atoms with E-state index in [2.05, 4.69) is 32.0 Å². The van der Waals surface area contributed by atoms with E-state index >= 15 is 0 Å². The molecule has 0 spiro atoms. The second kappa shape index (κ2) is 4.18. The zero-order chi connectivity index (χ0) is 10.9. The molecule has 2 heteroatoms. The fourth-order valence-corrected chi connectivity index (χ4v) is 3.38. The first-order valence-corrected chi connectivity index (χ1v) is 6.65. The van der Waals surface area contributed by atoms with Crippen molar-refractivity contribution in [2.45, 2.75) is 32.3 Å². The summed E-state index contributed by atoms with van der Waals surface area (Å²) in [4.78, 5) is 0. The summed E-state index contributed by atoms with van der Waals surface area (Å²) in [7, 11) is 0. The lowest BCUT2D eigenvalue weighted by Gasteiger charge is -2.33. The highest BCUT2D eigenvalue weighted by atomic mass is 32.2. The van der Waals surface area contributed by atoms with Crippen molar-refractivity contribution in [2.75, 3.05) is 11.5 Å². The van der Waals surface area contributed by atoms with E-state index in [0.717, 1.165) is 29.9 Å². The molecule has 1 aromatic carbocycles. The topological polar surface area (TPSA) is 20.2 Å². The highest BCUT2D eigenvalue weighted by Gasteiger charge is 2.32. The minimum absolute atomic E-state index is 0.568. The first kappa shape index (κ1) is 11.0. The monoisotopic (exact) mass is 222 g/mol. The number of thioether (sulfide) groups is 1. The highest BCUT2D eigenvalue weighted by Crippen LogP contribution is 2.37. The van der Waals surface area contributed by atoms with Crippen LogP contribution in [0.15, 0.2) is 18.2 Å². The Kier molecular flexibility index (Phi) is 3.08. The molecular weight excluding hydrogens is 204 g/mol. The molecule has 0 amide bonds. The second-order valence-corrected chi connectivity index (χ2v) is 5.69. The fraction of sp³-hybridized carbons (Fsp3) is 0.538. The van der Waals surface area contributed by atoms with E-state index in [-0.39, 0.29) is 0 Å². The lowest BCUT2D eigenvalue weighted by molar-refractivity contribution is 0.0274. The van der Waals surface area contributed by atoms with Gasteiger partial charge in [-0.3, -0.25) is 0 Å². The smallest absolute Gasteiger partial charge is 0.0914 e. The molecular formula is C13H18OS. The van der Waals surface area contributed by atoms with Gasteiger partial charge >= 0.3 is 0 Å². The number of aliphatic hydroxyl groups is 1. The van der Waals surface area contributed by atoms with Crippen molar-refractivity contribution in [3.05, 3.63) is 34.9 Å². The van der Waals surface area contributed by atoms with Gasteiger partial charge in [0.2, 0.25) is 0 Å². The Bertz CT molecular complexity index is 354. The van der Waals surface area contributed by atoms with Gasteiger partial charge in [-0.05, 0) is 49.3 Å². The van der Waals surface area contributed by atoms with Gasteiger partial charge in [0.05, 0.1) is 5.60 Å². The van der Waals surface area contributed by atoms with Crippen molar-refractivity contribution >= 4 is 11.8 Å². The van der Waals surface area contributed by atoms with Crippen molar-refractivity contribution < 1.29 is 5.11 Å². The molecule has 0 unspecified atom stereocenters. The van der Waals surface area contributed by atoms with Crippen molar-refractivity contribution in [3.8, 4) is 0 Å². The quantitative estimate of drug-likeness (QED) is 0.788. The Morgan fingerprint density at radius 3 is 2.53 bits per heavy atom. The van der Waals surface area contributed by atoms with E-state index in [9.17, 15) is 5.11 Å². The molecule has 1 aromatic rings. The molecule has 0 saturated carbocycles. The Morgan fingerprint density at radius 2 is 1.87 bits per heavy atom. The Hall–Kier alpha value is -0.470. The van der Waals surface area contributed by atoms with Crippen molar-refractivity contribution in [2.24, 2.45) is 0 Å². The first-order chi connectivity index (χ1) is 7.12. The van der Waals surface area contributed by atoms with Gasteiger partial charge in [-0.1, -0.05) is 23.8 Å². The Balaban J connectivity index is 2.38. The first-order valence-electron chi connectivity index (χ1n) is 5.50. The molecule has 1 N–H and O–H groups in total. The second-order valence-electron chi connectivity index (χ2n) is 4.46. The van der Waals surface area contributed by atoms with Crippen molar-refractivity contribution in [1.82, 2.24) is 0 Å². The number of hydrogen-bond acceptors (Lipinski definition) is 2. The van der Waals surface area contributed by atoms with Crippen LogP contribution in [0, 0.1) is 13.8 Å². The van der Waals surface area contributed by atoms with Gasteiger partial charge in [0, 0.05) is 0 Å². The number of rotatable bonds is 1. The summed E-state index contributed by atoms with van der Waals surface area (Å²) in [5.74, 6) is 2.15. The van der Waals surface area contributed by atoms with Gasteiger partial charge < -0.3 is 5.11 Å². The average Bonchev–Trinajstić information content (AvgIpc) is 2.23. The normalized spacial score (nSPS) is 20.2. The molecule has 82 valence electrons. The summed E-state index contributed by atoms with van der Waals surface area (Å²) < 4.78 is 0. The van der Waals surface area contributed by atoms with Gasteiger partial charge in [-0.15, -0.1) is 0 Å². The predicted octanol–water partition coefficient (Wildman–Crippen LogP) is 3.02. The molecule has 0 aliphatic carbocycles. The SMILES string of the molecule is Cc1ccc(C)c(C2(O)CCSCC2)c1. The molecule has 1 aliphatic heterocycles. The van der Waals surface area contributed by atoms with Gasteiger partial charge in [0.25, 0.3) is 0 Å². The highest BCUT2D eigenvalue weighted by molar-refractivity contribution is 7.99. The number of hydrogen-bond donors (Lipinski definition) is 1. The van der Waals surface area contributed by atoms with E-state index in [1.54, 1.807) is 0 Å². The standard InChI is InChI=1S/C13H18OS/c1-10-3-4-11(2)12(9-10)13(14)5-7-15-8-6-13/h3-4,9,14H,5-8H2,1-2H3. The molecule has 0 aromatic heterocycles. The Labute approximate surface area is 95.9 Å². The maximum Gasteiger partial charge on any atom is 0.0914 e. The van der Waals surface area contributed by atoms with E-state index in [0.29, 0.717) is 0 Å². The van der Waals surface area contributed by atoms with Gasteiger partial charge in [0.15, 0.2) is 0 Å². The lowest BCUT2D eigenvalue weighted by atomic mass is 9.84. The molecule has 1 aliphatic rings. The third-order valence-electron chi connectivity index (χ3n) is 3.21.